The highest BCUT2D eigenvalue weighted by Gasteiger charge is 2.15. The summed E-state index contributed by atoms with van der Waals surface area (Å²) in [6.07, 6.45) is 0. The molecule has 0 aromatic heterocycles. The fourth-order valence-corrected chi connectivity index (χ4v) is 3.76. The normalized spacial score (nSPS) is 11.4. The third-order valence-electron chi connectivity index (χ3n) is 4.45. The Bertz CT molecular complexity index is 1110. The second kappa shape index (κ2) is 9.95. The zero-order valence-electron chi connectivity index (χ0n) is 17.1. The van der Waals surface area contributed by atoms with Crippen molar-refractivity contribution in [2.75, 3.05) is 10.6 Å². The quantitative estimate of drug-likeness (QED) is 0.452. The van der Waals surface area contributed by atoms with E-state index in [1.807, 2.05) is 43.3 Å². The van der Waals surface area contributed by atoms with Crippen molar-refractivity contribution in [2.24, 2.45) is 0 Å². The first-order chi connectivity index (χ1) is 14.8. The molecule has 0 fully saturated rings. The average Bonchev–Trinajstić information content (AvgIpc) is 2.74. The van der Waals surface area contributed by atoms with Crippen molar-refractivity contribution in [3.05, 3.63) is 89.5 Å². The van der Waals surface area contributed by atoms with Gasteiger partial charge >= 0.3 is 5.97 Å². The smallest absolute Gasteiger partial charge is 0.335 e. The van der Waals surface area contributed by atoms with Crippen molar-refractivity contribution in [1.29, 1.82) is 0 Å². The van der Waals surface area contributed by atoms with Gasteiger partial charge in [-0.2, -0.15) is 0 Å². The van der Waals surface area contributed by atoms with Gasteiger partial charge in [0.1, 0.15) is 0 Å². The Morgan fingerprint density at radius 1 is 0.839 bits per heavy atom. The van der Waals surface area contributed by atoms with Crippen LogP contribution in [0.4, 0.5) is 11.4 Å². The maximum Gasteiger partial charge on any atom is 0.335 e. The van der Waals surface area contributed by atoms with Crippen LogP contribution in [0.15, 0.2) is 77.7 Å². The number of rotatable bonds is 7. The van der Waals surface area contributed by atoms with E-state index in [0.29, 0.717) is 16.9 Å². The predicted molar refractivity (Wildman–Crippen MR) is 123 cm³/mol. The molecule has 0 heterocycles. The number of thioether (sulfide) groups is 1. The Hall–Kier alpha value is -3.58. The minimum atomic E-state index is -1.02. The number of carboxylic acid groups (broad SMARTS) is 1. The van der Waals surface area contributed by atoms with E-state index >= 15 is 0 Å². The maximum atomic E-state index is 12.5. The lowest BCUT2D eigenvalue weighted by atomic mass is 10.1. The molecule has 0 radical (unpaired) electrons. The highest BCUT2D eigenvalue weighted by atomic mass is 32.2. The molecule has 1 unspecified atom stereocenters. The third-order valence-corrected chi connectivity index (χ3v) is 5.55. The number of benzene rings is 3. The average molecular weight is 435 g/mol. The van der Waals surface area contributed by atoms with Gasteiger partial charge in [0.05, 0.1) is 10.8 Å². The topological polar surface area (TPSA) is 95.5 Å². The van der Waals surface area contributed by atoms with E-state index in [9.17, 15) is 14.4 Å². The molecular formula is C24H22N2O4S. The second-order valence-electron chi connectivity index (χ2n) is 6.98. The van der Waals surface area contributed by atoms with Gasteiger partial charge in [-0.15, -0.1) is 11.8 Å². The van der Waals surface area contributed by atoms with Crippen molar-refractivity contribution in [3.63, 3.8) is 0 Å². The summed E-state index contributed by atoms with van der Waals surface area (Å²) in [5, 5.41) is 14.2. The van der Waals surface area contributed by atoms with Crippen LogP contribution < -0.4 is 10.6 Å². The Morgan fingerprint density at radius 3 is 2.23 bits per heavy atom. The third kappa shape index (κ3) is 6.20. The van der Waals surface area contributed by atoms with Crippen LogP contribution in [-0.4, -0.2) is 28.1 Å². The molecule has 3 aromatic rings. The van der Waals surface area contributed by atoms with E-state index in [-0.39, 0.29) is 17.4 Å². The number of nitrogens with one attached hydrogen (secondary N) is 2. The van der Waals surface area contributed by atoms with Gasteiger partial charge in [-0.25, -0.2) is 4.79 Å². The van der Waals surface area contributed by atoms with Crippen LogP contribution in [0, 0.1) is 6.92 Å². The van der Waals surface area contributed by atoms with Gasteiger partial charge in [0.2, 0.25) is 5.91 Å². The predicted octanol–water partition coefficient (Wildman–Crippen LogP) is 5.06. The van der Waals surface area contributed by atoms with Gasteiger partial charge in [0.25, 0.3) is 5.91 Å². The van der Waals surface area contributed by atoms with Crippen molar-refractivity contribution in [1.82, 2.24) is 0 Å². The number of anilines is 2. The summed E-state index contributed by atoms with van der Waals surface area (Å²) in [5.74, 6) is -1.42. The number of hydrogen-bond acceptors (Lipinski definition) is 4. The largest absolute Gasteiger partial charge is 0.478 e. The van der Waals surface area contributed by atoms with Gasteiger partial charge in [-0.3, -0.25) is 9.59 Å². The van der Waals surface area contributed by atoms with Crippen LogP contribution in [0.5, 0.6) is 0 Å². The Balaban J connectivity index is 1.61. The van der Waals surface area contributed by atoms with E-state index in [4.69, 9.17) is 5.11 Å². The molecule has 0 saturated carbocycles. The standard InChI is InChI=1S/C24H22N2O4S/c1-15-5-3-6-18(13-15)23(28)26-20-7-4-8-21(14-20)31-16(2)22(27)25-19-11-9-17(10-12-19)24(29)30/h3-14,16H,1-2H3,(H,25,27)(H,26,28)(H,29,30). The molecule has 0 aliphatic heterocycles. The fraction of sp³-hybridized carbons (Fsp3) is 0.125. The Kier molecular flexibility index (Phi) is 7.10. The molecule has 0 spiro atoms. The SMILES string of the molecule is Cc1cccc(C(=O)Nc2cccc(SC(C)C(=O)Nc3ccc(C(=O)O)cc3)c2)c1. The first-order valence-electron chi connectivity index (χ1n) is 9.61. The first-order valence-corrected chi connectivity index (χ1v) is 10.5. The molecule has 3 N–H and O–H groups in total. The minimum Gasteiger partial charge on any atom is -0.478 e. The van der Waals surface area contributed by atoms with Gasteiger partial charge < -0.3 is 15.7 Å². The molecule has 0 saturated heterocycles. The molecule has 2 amide bonds. The summed E-state index contributed by atoms with van der Waals surface area (Å²) in [6.45, 7) is 3.71. The van der Waals surface area contributed by atoms with E-state index in [2.05, 4.69) is 10.6 Å². The molecule has 6 nitrogen and oxygen atoms in total. The van der Waals surface area contributed by atoms with Crippen LogP contribution in [0.1, 0.15) is 33.2 Å². The number of carbonyl (C=O) groups is 3. The molecule has 0 aliphatic carbocycles. The van der Waals surface area contributed by atoms with Gasteiger partial charge in [0, 0.05) is 21.8 Å². The highest BCUT2D eigenvalue weighted by molar-refractivity contribution is 8.00. The fourth-order valence-electron chi connectivity index (χ4n) is 2.83. The highest BCUT2D eigenvalue weighted by Crippen LogP contribution is 2.27. The molecule has 158 valence electrons. The van der Waals surface area contributed by atoms with Crippen LogP contribution >= 0.6 is 11.8 Å². The van der Waals surface area contributed by atoms with Crippen LogP contribution in [0.3, 0.4) is 0 Å². The monoisotopic (exact) mass is 434 g/mol. The summed E-state index contributed by atoms with van der Waals surface area (Å²) in [4.78, 5) is 36.7. The lowest BCUT2D eigenvalue weighted by molar-refractivity contribution is -0.115. The second-order valence-corrected chi connectivity index (χ2v) is 8.40. The summed E-state index contributed by atoms with van der Waals surface area (Å²) < 4.78 is 0. The van der Waals surface area contributed by atoms with E-state index in [1.54, 1.807) is 31.2 Å². The van der Waals surface area contributed by atoms with E-state index in [1.165, 1.54) is 23.9 Å². The van der Waals surface area contributed by atoms with Gasteiger partial charge in [0.15, 0.2) is 0 Å². The van der Waals surface area contributed by atoms with Crippen molar-refractivity contribution in [2.45, 2.75) is 24.0 Å². The van der Waals surface area contributed by atoms with Crippen LogP contribution in [0.2, 0.25) is 0 Å². The van der Waals surface area contributed by atoms with E-state index in [0.717, 1.165) is 10.5 Å². The van der Waals surface area contributed by atoms with Crippen molar-refractivity contribution < 1.29 is 19.5 Å². The molecular weight excluding hydrogens is 412 g/mol. The Morgan fingerprint density at radius 2 is 1.55 bits per heavy atom. The molecule has 0 aliphatic rings. The lowest BCUT2D eigenvalue weighted by Crippen LogP contribution is -2.22. The number of amides is 2. The molecule has 31 heavy (non-hydrogen) atoms. The number of aryl methyl sites for hydroxylation is 1. The van der Waals surface area contributed by atoms with E-state index < -0.39 is 11.2 Å². The summed E-state index contributed by atoms with van der Waals surface area (Å²) in [6, 6.07) is 20.7. The van der Waals surface area contributed by atoms with Gasteiger partial charge in [-0.1, -0.05) is 23.8 Å². The summed E-state index contributed by atoms with van der Waals surface area (Å²) in [7, 11) is 0. The summed E-state index contributed by atoms with van der Waals surface area (Å²) >= 11 is 1.36. The number of carbonyl (C=O) groups excluding carboxylic acids is 2. The summed E-state index contributed by atoms with van der Waals surface area (Å²) in [5.41, 5.74) is 2.93. The number of carboxylic acids is 1. The van der Waals surface area contributed by atoms with Crippen molar-refractivity contribution in [3.8, 4) is 0 Å². The molecule has 1 atom stereocenters. The lowest BCUT2D eigenvalue weighted by Gasteiger charge is -2.13. The zero-order chi connectivity index (χ0) is 22.4. The molecule has 7 heteroatoms. The minimum absolute atomic E-state index is 0.157. The zero-order valence-corrected chi connectivity index (χ0v) is 17.9. The molecule has 3 aromatic carbocycles. The maximum absolute atomic E-state index is 12.5. The Labute approximate surface area is 184 Å². The molecule has 3 rings (SSSR count). The first kappa shape index (κ1) is 22.1. The van der Waals surface area contributed by atoms with Crippen LogP contribution in [-0.2, 0) is 4.79 Å². The number of aromatic carboxylic acids is 1. The van der Waals surface area contributed by atoms with Gasteiger partial charge in [-0.05, 0) is 68.4 Å². The van der Waals surface area contributed by atoms with Crippen molar-refractivity contribution >= 4 is 40.9 Å². The van der Waals surface area contributed by atoms with Crippen LogP contribution in [0.25, 0.3) is 0 Å². The number of hydrogen-bond donors (Lipinski definition) is 3. The molecule has 0 bridgehead atoms.